The average molecular weight is 404 g/mol. The normalized spacial score (nSPS) is 32.8. The molecular weight excluding hydrogens is 377 g/mol. The number of benzene rings is 1. The molecule has 2 aromatic rings. The summed E-state index contributed by atoms with van der Waals surface area (Å²) in [5, 5.41) is 5.06. The standard InChI is InChI=1S/C23H27Cl2NO/c1-14(23-10-15-4-16(11-23)6-17(5-15)12-23)26-13-21-2-3-22(27-21)18-7-19(24)9-20(25)8-18/h2-3,7-9,14-17,26H,4-6,10-13H2,1H3. The van der Waals surface area contributed by atoms with Crippen molar-refractivity contribution in [3.8, 4) is 11.3 Å². The van der Waals surface area contributed by atoms with Crippen LogP contribution in [0.5, 0.6) is 0 Å². The molecule has 0 saturated heterocycles. The molecule has 4 saturated carbocycles. The number of rotatable bonds is 5. The second-order valence-corrected chi connectivity index (χ2v) is 10.2. The molecule has 4 bridgehead atoms. The van der Waals surface area contributed by atoms with Gasteiger partial charge in [0.1, 0.15) is 11.5 Å². The third-order valence-corrected chi connectivity index (χ3v) is 7.83. The van der Waals surface area contributed by atoms with E-state index in [2.05, 4.69) is 18.3 Å². The van der Waals surface area contributed by atoms with Gasteiger partial charge in [-0.15, -0.1) is 0 Å². The van der Waals surface area contributed by atoms with Gasteiger partial charge in [-0.1, -0.05) is 23.2 Å². The zero-order valence-corrected chi connectivity index (χ0v) is 17.3. The largest absolute Gasteiger partial charge is 0.460 e. The first-order chi connectivity index (χ1) is 13.0. The van der Waals surface area contributed by atoms with Crippen molar-refractivity contribution in [3.63, 3.8) is 0 Å². The van der Waals surface area contributed by atoms with Crippen LogP contribution >= 0.6 is 23.2 Å². The Balaban J connectivity index is 1.26. The first-order valence-electron chi connectivity index (χ1n) is 10.3. The first-order valence-corrected chi connectivity index (χ1v) is 11.0. The van der Waals surface area contributed by atoms with E-state index in [4.69, 9.17) is 27.6 Å². The first kappa shape index (κ1) is 18.1. The van der Waals surface area contributed by atoms with Gasteiger partial charge in [0, 0.05) is 21.7 Å². The zero-order valence-electron chi connectivity index (χ0n) is 15.8. The van der Waals surface area contributed by atoms with Gasteiger partial charge in [0.05, 0.1) is 6.54 Å². The molecule has 1 aromatic carbocycles. The summed E-state index contributed by atoms with van der Waals surface area (Å²) in [6.07, 6.45) is 8.77. The molecule has 0 aliphatic heterocycles. The van der Waals surface area contributed by atoms with Crippen LogP contribution in [0.15, 0.2) is 34.7 Å². The predicted octanol–water partition coefficient (Wildman–Crippen LogP) is 6.95. The third-order valence-electron chi connectivity index (χ3n) is 7.40. The highest BCUT2D eigenvalue weighted by atomic mass is 35.5. The van der Waals surface area contributed by atoms with Gasteiger partial charge in [0.25, 0.3) is 0 Å². The van der Waals surface area contributed by atoms with Crippen molar-refractivity contribution in [3.05, 3.63) is 46.1 Å². The fraction of sp³-hybridized carbons (Fsp3) is 0.565. The Bertz CT molecular complexity index is 787. The molecule has 144 valence electrons. The van der Waals surface area contributed by atoms with Crippen LogP contribution in [0.2, 0.25) is 10.0 Å². The average Bonchev–Trinajstić information content (AvgIpc) is 3.06. The number of furan rings is 1. The van der Waals surface area contributed by atoms with E-state index in [9.17, 15) is 0 Å². The van der Waals surface area contributed by atoms with E-state index in [1.165, 1.54) is 38.5 Å². The number of hydrogen-bond acceptors (Lipinski definition) is 2. The Morgan fingerprint density at radius 1 is 1.00 bits per heavy atom. The minimum absolute atomic E-state index is 0.519. The maximum Gasteiger partial charge on any atom is 0.134 e. The van der Waals surface area contributed by atoms with Gasteiger partial charge in [-0.3, -0.25) is 0 Å². The lowest BCUT2D eigenvalue weighted by atomic mass is 9.48. The Morgan fingerprint density at radius 3 is 2.19 bits per heavy atom. The van der Waals surface area contributed by atoms with Crippen molar-refractivity contribution in [2.45, 2.75) is 58.0 Å². The Hall–Kier alpha value is -0.960. The highest BCUT2D eigenvalue weighted by molar-refractivity contribution is 6.35. The van der Waals surface area contributed by atoms with Crippen LogP contribution in [0.3, 0.4) is 0 Å². The summed E-state index contributed by atoms with van der Waals surface area (Å²) in [7, 11) is 0. The van der Waals surface area contributed by atoms with Crippen molar-refractivity contribution < 1.29 is 4.42 Å². The molecule has 2 nitrogen and oxygen atoms in total. The van der Waals surface area contributed by atoms with Crippen molar-refractivity contribution in [1.82, 2.24) is 5.32 Å². The SMILES string of the molecule is CC(NCc1ccc(-c2cc(Cl)cc(Cl)c2)o1)C12CC3CC(CC(C3)C1)C2. The number of halogens is 2. The van der Waals surface area contributed by atoms with E-state index in [1.54, 1.807) is 6.07 Å². The summed E-state index contributed by atoms with van der Waals surface area (Å²) in [5.41, 5.74) is 1.44. The van der Waals surface area contributed by atoms with E-state index in [0.717, 1.165) is 41.4 Å². The third kappa shape index (κ3) is 3.45. The summed E-state index contributed by atoms with van der Waals surface area (Å²) in [6, 6.07) is 10.1. The van der Waals surface area contributed by atoms with Gasteiger partial charge in [-0.25, -0.2) is 0 Å². The van der Waals surface area contributed by atoms with Crippen LogP contribution in [0.1, 0.15) is 51.2 Å². The van der Waals surface area contributed by atoms with Gasteiger partial charge >= 0.3 is 0 Å². The topological polar surface area (TPSA) is 25.2 Å². The molecule has 1 N–H and O–H groups in total. The highest BCUT2D eigenvalue weighted by Crippen LogP contribution is 2.61. The van der Waals surface area contributed by atoms with Crippen LogP contribution < -0.4 is 5.32 Å². The lowest BCUT2D eigenvalue weighted by molar-refractivity contribution is -0.0708. The lowest BCUT2D eigenvalue weighted by Gasteiger charge is -2.59. The summed E-state index contributed by atoms with van der Waals surface area (Å²) >= 11 is 12.2. The summed E-state index contributed by atoms with van der Waals surface area (Å²) < 4.78 is 6.07. The molecule has 6 rings (SSSR count). The van der Waals surface area contributed by atoms with E-state index in [1.807, 2.05) is 18.2 Å². The zero-order chi connectivity index (χ0) is 18.6. The van der Waals surface area contributed by atoms with Gasteiger partial charge in [-0.05, 0) is 98.9 Å². The molecule has 4 fully saturated rings. The van der Waals surface area contributed by atoms with E-state index in [0.29, 0.717) is 21.5 Å². The Morgan fingerprint density at radius 2 is 1.59 bits per heavy atom. The summed E-state index contributed by atoms with van der Waals surface area (Å²) in [6.45, 7) is 3.17. The van der Waals surface area contributed by atoms with E-state index in [-0.39, 0.29) is 0 Å². The van der Waals surface area contributed by atoms with Crippen LogP contribution in [0.4, 0.5) is 0 Å². The molecular formula is C23H27Cl2NO. The van der Waals surface area contributed by atoms with Crippen molar-refractivity contribution in [1.29, 1.82) is 0 Å². The molecule has 0 radical (unpaired) electrons. The van der Waals surface area contributed by atoms with Crippen molar-refractivity contribution >= 4 is 23.2 Å². The number of hydrogen-bond donors (Lipinski definition) is 1. The van der Waals surface area contributed by atoms with Crippen molar-refractivity contribution in [2.75, 3.05) is 0 Å². The lowest BCUT2D eigenvalue weighted by Crippen LogP contribution is -2.54. The molecule has 1 unspecified atom stereocenters. The smallest absolute Gasteiger partial charge is 0.134 e. The van der Waals surface area contributed by atoms with Gasteiger partial charge in [-0.2, -0.15) is 0 Å². The van der Waals surface area contributed by atoms with Gasteiger partial charge in [0.2, 0.25) is 0 Å². The van der Waals surface area contributed by atoms with Crippen LogP contribution in [-0.4, -0.2) is 6.04 Å². The Kier molecular flexibility index (Phi) is 4.57. The molecule has 0 spiro atoms. The molecule has 27 heavy (non-hydrogen) atoms. The second kappa shape index (κ2) is 6.83. The maximum atomic E-state index is 6.12. The number of nitrogens with one attached hydrogen (secondary N) is 1. The highest BCUT2D eigenvalue weighted by Gasteiger charge is 2.52. The molecule has 4 aliphatic carbocycles. The minimum Gasteiger partial charge on any atom is -0.460 e. The quantitative estimate of drug-likeness (QED) is 0.583. The molecule has 4 aliphatic rings. The fourth-order valence-electron chi connectivity index (χ4n) is 6.50. The van der Waals surface area contributed by atoms with Crippen LogP contribution in [0, 0.1) is 23.2 Å². The van der Waals surface area contributed by atoms with E-state index < -0.39 is 0 Å². The van der Waals surface area contributed by atoms with Crippen LogP contribution in [0.25, 0.3) is 11.3 Å². The maximum absolute atomic E-state index is 6.12. The van der Waals surface area contributed by atoms with E-state index >= 15 is 0 Å². The Labute approximate surface area is 171 Å². The summed E-state index contributed by atoms with van der Waals surface area (Å²) in [5.74, 6) is 4.76. The van der Waals surface area contributed by atoms with Gasteiger partial charge < -0.3 is 9.73 Å². The molecule has 1 aromatic heterocycles. The molecule has 4 heteroatoms. The predicted molar refractivity (Wildman–Crippen MR) is 111 cm³/mol. The van der Waals surface area contributed by atoms with Crippen molar-refractivity contribution in [2.24, 2.45) is 23.2 Å². The minimum atomic E-state index is 0.519. The molecule has 1 heterocycles. The van der Waals surface area contributed by atoms with Crippen LogP contribution in [-0.2, 0) is 6.54 Å². The molecule has 1 atom stereocenters. The second-order valence-electron chi connectivity index (χ2n) is 9.31. The summed E-state index contributed by atoms with van der Waals surface area (Å²) in [4.78, 5) is 0. The fourth-order valence-corrected chi connectivity index (χ4v) is 7.03. The van der Waals surface area contributed by atoms with Gasteiger partial charge in [0.15, 0.2) is 0 Å². The molecule has 0 amide bonds. The monoisotopic (exact) mass is 403 g/mol.